The zero-order valence-electron chi connectivity index (χ0n) is 19.0. The van der Waals surface area contributed by atoms with Crippen LogP contribution in [0.3, 0.4) is 0 Å². The number of aromatic nitrogens is 1. The molecule has 1 fully saturated rings. The number of hydrogen-bond donors (Lipinski definition) is 1. The van der Waals surface area contributed by atoms with Gasteiger partial charge in [-0.1, -0.05) is 36.7 Å². The van der Waals surface area contributed by atoms with Crippen LogP contribution in [0.1, 0.15) is 41.6 Å². The number of pyridine rings is 1. The highest BCUT2D eigenvalue weighted by atomic mass is 35.5. The van der Waals surface area contributed by atoms with Gasteiger partial charge in [-0.25, -0.2) is 0 Å². The molecule has 0 saturated carbocycles. The Morgan fingerprint density at radius 2 is 1.91 bits per heavy atom. The second-order valence-electron chi connectivity index (χ2n) is 8.17. The first kappa shape index (κ1) is 23.5. The second-order valence-corrected chi connectivity index (χ2v) is 8.60. The molecular formula is C27H25ClN2O4. The summed E-state index contributed by atoms with van der Waals surface area (Å²) in [6.45, 7) is 4.61. The Kier molecular flexibility index (Phi) is 6.98. The fourth-order valence-corrected chi connectivity index (χ4v) is 4.21. The molecule has 0 aliphatic carbocycles. The fraction of sp³-hybridized carbons (Fsp3) is 0.222. The minimum absolute atomic E-state index is 0.0431. The summed E-state index contributed by atoms with van der Waals surface area (Å²) < 4.78 is 5.67. The van der Waals surface area contributed by atoms with Crippen LogP contribution in [0.2, 0.25) is 5.02 Å². The van der Waals surface area contributed by atoms with Crippen LogP contribution < -0.4 is 4.74 Å². The molecule has 1 aliphatic rings. The van der Waals surface area contributed by atoms with Crippen LogP contribution in [-0.4, -0.2) is 33.3 Å². The lowest BCUT2D eigenvalue weighted by Crippen LogP contribution is -2.29. The number of aliphatic hydroxyl groups is 1. The average Bonchev–Trinajstić information content (AvgIpc) is 3.08. The van der Waals surface area contributed by atoms with Crippen molar-refractivity contribution in [2.24, 2.45) is 0 Å². The van der Waals surface area contributed by atoms with E-state index in [2.05, 4.69) is 4.98 Å². The van der Waals surface area contributed by atoms with E-state index in [9.17, 15) is 14.7 Å². The van der Waals surface area contributed by atoms with Gasteiger partial charge in [0.1, 0.15) is 11.5 Å². The number of nitrogens with zero attached hydrogens (tertiary/aromatic N) is 2. The largest absolute Gasteiger partial charge is 0.507 e. The number of carbonyl (C=O) groups is 2. The van der Waals surface area contributed by atoms with Crippen molar-refractivity contribution in [3.05, 3.63) is 99.8 Å². The molecule has 0 unspecified atom stereocenters. The third-order valence-electron chi connectivity index (χ3n) is 5.73. The average molecular weight is 477 g/mol. The molecule has 7 heteroatoms. The number of Topliss-reactive ketones (excluding diaryl/α,β-unsaturated/α-hetero) is 1. The van der Waals surface area contributed by atoms with E-state index in [1.165, 1.54) is 4.90 Å². The maximum atomic E-state index is 13.2. The molecule has 0 bridgehead atoms. The van der Waals surface area contributed by atoms with Crippen LogP contribution in [-0.2, 0) is 16.1 Å². The molecule has 6 nitrogen and oxygen atoms in total. The van der Waals surface area contributed by atoms with Crippen molar-refractivity contribution >= 4 is 29.1 Å². The lowest BCUT2D eigenvalue weighted by atomic mass is 9.94. The molecule has 0 radical (unpaired) electrons. The van der Waals surface area contributed by atoms with Gasteiger partial charge in [0.05, 0.1) is 18.2 Å². The Hall–Kier alpha value is -3.64. The van der Waals surface area contributed by atoms with Crippen molar-refractivity contribution in [2.75, 3.05) is 6.61 Å². The zero-order chi connectivity index (χ0) is 24.2. The van der Waals surface area contributed by atoms with Gasteiger partial charge in [0.15, 0.2) is 0 Å². The summed E-state index contributed by atoms with van der Waals surface area (Å²) in [6.07, 6.45) is 4.17. The molecule has 2 heterocycles. The van der Waals surface area contributed by atoms with E-state index in [4.69, 9.17) is 16.3 Å². The summed E-state index contributed by atoms with van der Waals surface area (Å²) in [5.74, 6) is -0.938. The molecule has 1 atom stereocenters. The number of benzene rings is 2. The van der Waals surface area contributed by atoms with Gasteiger partial charge in [0, 0.05) is 29.5 Å². The van der Waals surface area contributed by atoms with E-state index < -0.39 is 17.7 Å². The number of ether oxygens (including phenoxy) is 1. The molecule has 34 heavy (non-hydrogen) atoms. The number of hydrogen-bond acceptors (Lipinski definition) is 5. The molecule has 1 aliphatic heterocycles. The van der Waals surface area contributed by atoms with E-state index in [0.29, 0.717) is 28.5 Å². The van der Waals surface area contributed by atoms with Crippen molar-refractivity contribution < 1.29 is 19.4 Å². The van der Waals surface area contributed by atoms with Crippen LogP contribution in [0.25, 0.3) is 5.76 Å². The summed E-state index contributed by atoms with van der Waals surface area (Å²) in [6, 6.07) is 15.0. The Morgan fingerprint density at radius 1 is 1.15 bits per heavy atom. The topological polar surface area (TPSA) is 79.7 Å². The first-order valence-electron chi connectivity index (χ1n) is 11.1. The molecule has 1 amide bonds. The molecule has 1 aromatic heterocycles. The second kappa shape index (κ2) is 10.1. The number of aliphatic hydroxyl groups excluding tert-OH is 1. The lowest BCUT2D eigenvalue weighted by Gasteiger charge is -2.25. The third kappa shape index (κ3) is 4.68. The smallest absolute Gasteiger partial charge is 0.295 e. The SMILES string of the molecule is CCCOc1ccc(C(O)=C2C(=O)C(=O)N(Cc3cccnc3)[C@H]2c2ccc(Cl)cc2)c(C)c1. The van der Waals surface area contributed by atoms with E-state index in [-0.39, 0.29) is 17.9 Å². The van der Waals surface area contributed by atoms with E-state index in [0.717, 1.165) is 17.5 Å². The Balaban J connectivity index is 1.82. The first-order valence-corrected chi connectivity index (χ1v) is 11.4. The van der Waals surface area contributed by atoms with E-state index in [1.54, 1.807) is 54.9 Å². The number of likely N-dealkylation sites (tertiary alicyclic amines) is 1. The molecule has 1 N–H and O–H groups in total. The zero-order valence-corrected chi connectivity index (χ0v) is 19.7. The summed E-state index contributed by atoms with van der Waals surface area (Å²) in [4.78, 5) is 31.9. The van der Waals surface area contributed by atoms with Crippen molar-refractivity contribution in [1.29, 1.82) is 0 Å². The van der Waals surface area contributed by atoms with Gasteiger partial charge in [-0.2, -0.15) is 0 Å². The number of rotatable bonds is 7. The highest BCUT2D eigenvalue weighted by Crippen LogP contribution is 2.41. The predicted octanol–water partition coefficient (Wildman–Crippen LogP) is 5.45. The van der Waals surface area contributed by atoms with Crippen molar-refractivity contribution in [3.63, 3.8) is 0 Å². The minimum Gasteiger partial charge on any atom is -0.507 e. The molecule has 0 spiro atoms. The van der Waals surface area contributed by atoms with Gasteiger partial charge in [0.2, 0.25) is 0 Å². The van der Waals surface area contributed by atoms with Gasteiger partial charge in [0.25, 0.3) is 11.7 Å². The first-order chi connectivity index (χ1) is 16.4. The van der Waals surface area contributed by atoms with Gasteiger partial charge >= 0.3 is 0 Å². The van der Waals surface area contributed by atoms with Gasteiger partial charge < -0.3 is 14.7 Å². The van der Waals surface area contributed by atoms with Crippen LogP contribution >= 0.6 is 11.6 Å². The Labute approximate surface area is 203 Å². The quantitative estimate of drug-likeness (QED) is 0.278. The molecule has 3 aromatic rings. The summed E-state index contributed by atoms with van der Waals surface area (Å²) in [5.41, 5.74) is 2.70. The van der Waals surface area contributed by atoms with Crippen LogP contribution in [0, 0.1) is 6.92 Å². The number of ketones is 1. The molecule has 1 saturated heterocycles. The number of amides is 1. The number of halogens is 1. The third-order valence-corrected chi connectivity index (χ3v) is 5.98. The Bertz CT molecular complexity index is 1240. The molecule has 2 aromatic carbocycles. The molecular weight excluding hydrogens is 452 g/mol. The van der Waals surface area contributed by atoms with E-state index in [1.807, 2.05) is 26.0 Å². The van der Waals surface area contributed by atoms with Crippen molar-refractivity contribution in [2.45, 2.75) is 32.9 Å². The standard InChI is InChI=1S/C27H25ClN2O4/c1-3-13-34-21-10-11-22(17(2)14-21)25(31)23-24(19-6-8-20(28)9-7-19)30(27(33)26(23)32)16-18-5-4-12-29-15-18/h4-12,14-15,24,31H,3,13,16H2,1-2H3/t24-/m0/s1. The number of carbonyl (C=O) groups excluding carboxylic acids is 2. The minimum atomic E-state index is -0.770. The van der Waals surface area contributed by atoms with E-state index >= 15 is 0 Å². The van der Waals surface area contributed by atoms with Gasteiger partial charge in [-0.3, -0.25) is 14.6 Å². The van der Waals surface area contributed by atoms with Crippen LogP contribution in [0.15, 0.2) is 72.6 Å². The summed E-state index contributed by atoms with van der Waals surface area (Å²) >= 11 is 6.08. The van der Waals surface area contributed by atoms with Crippen LogP contribution in [0.4, 0.5) is 0 Å². The van der Waals surface area contributed by atoms with Gasteiger partial charge in [-0.15, -0.1) is 0 Å². The maximum absolute atomic E-state index is 13.2. The monoisotopic (exact) mass is 476 g/mol. The van der Waals surface area contributed by atoms with Crippen molar-refractivity contribution in [1.82, 2.24) is 9.88 Å². The highest BCUT2D eigenvalue weighted by Gasteiger charge is 2.46. The van der Waals surface area contributed by atoms with Crippen LogP contribution in [0.5, 0.6) is 5.75 Å². The normalized spacial score (nSPS) is 17.3. The predicted molar refractivity (Wildman–Crippen MR) is 131 cm³/mol. The highest BCUT2D eigenvalue weighted by molar-refractivity contribution is 6.46. The molecule has 4 rings (SSSR count). The fourth-order valence-electron chi connectivity index (χ4n) is 4.08. The number of aryl methyl sites for hydroxylation is 1. The lowest BCUT2D eigenvalue weighted by molar-refractivity contribution is -0.140. The summed E-state index contributed by atoms with van der Waals surface area (Å²) in [7, 11) is 0. The summed E-state index contributed by atoms with van der Waals surface area (Å²) in [5, 5.41) is 11.9. The molecule has 174 valence electrons. The Morgan fingerprint density at radius 3 is 2.56 bits per heavy atom. The van der Waals surface area contributed by atoms with Gasteiger partial charge in [-0.05, 0) is 66.4 Å². The van der Waals surface area contributed by atoms with Crippen molar-refractivity contribution in [3.8, 4) is 5.75 Å². The maximum Gasteiger partial charge on any atom is 0.295 e.